The number of ether oxygens (including phenoxy) is 11. The third kappa shape index (κ3) is 12.0. The number of esters is 2. The van der Waals surface area contributed by atoms with Crippen molar-refractivity contribution in [1.82, 2.24) is 0 Å². The molecule has 0 amide bonds. The van der Waals surface area contributed by atoms with Crippen LogP contribution in [0.5, 0.6) is 0 Å². The van der Waals surface area contributed by atoms with Crippen molar-refractivity contribution in [1.29, 1.82) is 0 Å². The molecule has 13 heteroatoms. The summed E-state index contributed by atoms with van der Waals surface area (Å²) in [5.74, 6) is -1.02. The molecule has 0 saturated carbocycles. The predicted octanol–water partition coefficient (Wildman–Crippen LogP) is 8.01. The zero-order valence-corrected chi connectivity index (χ0v) is 38.8. The monoisotopic (exact) mass is 861 g/mol. The molecule has 5 rings (SSSR count). The lowest BCUT2D eigenvalue weighted by molar-refractivity contribution is -0.373. The van der Waals surface area contributed by atoms with Gasteiger partial charge in [-0.1, -0.05) is 106 Å². The minimum absolute atomic E-state index is 0.00226. The van der Waals surface area contributed by atoms with Crippen LogP contribution in [0.25, 0.3) is 0 Å². The second kappa shape index (κ2) is 22.9. The van der Waals surface area contributed by atoms with Crippen LogP contribution in [-0.2, 0) is 68.3 Å². The Morgan fingerprint density at radius 3 is 1.59 bits per heavy atom. The van der Waals surface area contributed by atoms with E-state index in [1.54, 1.807) is 6.08 Å². The first-order valence-corrected chi connectivity index (χ1v) is 22.9. The molecule has 0 aliphatic carbocycles. The molecule has 8 unspecified atom stereocenters. The van der Waals surface area contributed by atoms with E-state index in [0.29, 0.717) is 13.0 Å². The van der Waals surface area contributed by atoms with Crippen LogP contribution in [-0.4, -0.2) is 105 Å². The highest BCUT2D eigenvalue weighted by molar-refractivity contribution is 5.66. The molecular weight excluding hydrogens is 785 g/mol. The molecule has 346 valence electrons. The van der Waals surface area contributed by atoms with Gasteiger partial charge in [0.1, 0.15) is 6.10 Å². The van der Waals surface area contributed by atoms with Gasteiger partial charge in [-0.3, -0.25) is 9.59 Å². The predicted molar refractivity (Wildman–Crippen MR) is 228 cm³/mol. The smallest absolute Gasteiger partial charge is 0.303 e. The number of hydrogen-bond acceptors (Lipinski definition) is 13. The normalized spacial score (nSPS) is 41.8. The summed E-state index contributed by atoms with van der Waals surface area (Å²) >= 11 is 0. The fraction of sp³-hybridized carbons (Fsp3) is 0.792. The first-order valence-electron chi connectivity index (χ1n) is 22.9. The van der Waals surface area contributed by atoms with Crippen LogP contribution < -0.4 is 0 Å². The Hall–Kier alpha value is -2.46. The van der Waals surface area contributed by atoms with Crippen molar-refractivity contribution >= 4 is 11.9 Å². The molecule has 4 aliphatic heterocycles. The Kier molecular flexibility index (Phi) is 18.6. The molecule has 0 bridgehead atoms. The van der Waals surface area contributed by atoms with Crippen molar-refractivity contribution < 1.29 is 61.7 Å². The van der Waals surface area contributed by atoms with Crippen molar-refractivity contribution in [2.75, 3.05) is 13.2 Å². The van der Waals surface area contributed by atoms with Gasteiger partial charge >= 0.3 is 11.9 Å². The highest BCUT2D eigenvalue weighted by Gasteiger charge is 2.54. The summed E-state index contributed by atoms with van der Waals surface area (Å²) in [5.41, 5.74) is 0.967. The molecule has 4 aliphatic rings. The second-order valence-electron chi connectivity index (χ2n) is 18.0. The van der Waals surface area contributed by atoms with Crippen LogP contribution in [0.3, 0.4) is 0 Å². The molecule has 4 heterocycles. The Bertz CT molecular complexity index is 1510. The van der Waals surface area contributed by atoms with Gasteiger partial charge in [0.15, 0.2) is 37.4 Å². The van der Waals surface area contributed by atoms with Gasteiger partial charge in [0.2, 0.25) is 0 Å². The summed E-state index contributed by atoms with van der Waals surface area (Å²) < 4.78 is 72.6. The van der Waals surface area contributed by atoms with E-state index >= 15 is 0 Å². The number of carbonyl (C=O) groups is 2. The second-order valence-corrected chi connectivity index (χ2v) is 18.0. The lowest BCUT2D eigenvalue weighted by Crippen LogP contribution is -2.63. The van der Waals surface area contributed by atoms with Gasteiger partial charge in [0.25, 0.3) is 0 Å². The van der Waals surface area contributed by atoms with E-state index in [0.717, 1.165) is 18.4 Å². The van der Waals surface area contributed by atoms with E-state index in [2.05, 4.69) is 68.9 Å². The van der Waals surface area contributed by atoms with E-state index in [9.17, 15) is 9.59 Å². The maximum atomic E-state index is 12.6. The van der Waals surface area contributed by atoms with Crippen LogP contribution >= 0.6 is 0 Å². The summed E-state index contributed by atoms with van der Waals surface area (Å²) in [6.45, 7) is 28.3. The third-order valence-corrected chi connectivity index (χ3v) is 14.0. The van der Waals surface area contributed by atoms with Gasteiger partial charge in [0, 0.05) is 37.5 Å². The quantitative estimate of drug-likeness (QED) is 0.104. The molecule has 1 aromatic carbocycles. The summed E-state index contributed by atoms with van der Waals surface area (Å²) in [7, 11) is 0. The zero-order chi connectivity index (χ0) is 44.5. The van der Waals surface area contributed by atoms with Crippen LogP contribution in [0, 0.1) is 41.4 Å². The van der Waals surface area contributed by atoms with Crippen molar-refractivity contribution in [2.45, 2.75) is 189 Å². The molecule has 20 atom stereocenters. The SMILES string of the molecule is C=CCO[C@@H]1OC(CC)[C@@H](O[C@@H]2OC(CO[C@H]3OC(CC)[C@@H](C)[C@H](C)C3OC(C)=O)[C@@H](C)[C@H](O[C@H]3O[C@@H](CC)[C@@H](C)C(C)C3OC(C)=O)C2OCc2ccccc2)[C@H](C)C1C. The fourth-order valence-electron chi connectivity index (χ4n) is 9.54. The number of benzene rings is 1. The molecule has 0 radical (unpaired) electrons. The highest BCUT2D eigenvalue weighted by atomic mass is 16.8. The highest BCUT2D eigenvalue weighted by Crippen LogP contribution is 2.42. The molecule has 0 N–H and O–H groups in total. The first kappa shape index (κ1) is 49.6. The minimum atomic E-state index is -0.964. The number of hydrogen-bond donors (Lipinski definition) is 0. The van der Waals surface area contributed by atoms with Crippen molar-refractivity contribution in [3.63, 3.8) is 0 Å². The largest absolute Gasteiger partial charge is 0.457 e. The summed E-state index contributed by atoms with van der Waals surface area (Å²) in [6.07, 6.45) is -3.50. The third-order valence-electron chi connectivity index (χ3n) is 14.0. The van der Waals surface area contributed by atoms with Crippen LogP contribution in [0.1, 0.15) is 108 Å². The van der Waals surface area contributed by atoms with E-state index in [1.807, 2.05) is 37.3 Å². The minimum Gasteiger partial charge on any atom is -0.457 e. The average molecular weight is 861 g/mol. The lowest BCUT2D eigenvalue weighted by atomic mass is 9.82. The molecule has 0 spiro atoms. The molecule has 13 nitrogen and oxygen atoms in total. The van der Waals surface area contributed by atoms with E-state index in [-0.39, 0.29) is 73.0 Å². The summed E-state index contributed by atoms with van der Waals surface area (Å²) in [5, 5.41) is 0. The van der Waals surface area contributed by atoms with Gasteiger partial charge in [-0.25, -0.2) is 0 Å². The van der Waals surface area contributed by atoms with Crippen LogP contribution in [0.4, 0.5) is 0 Å². The Labute approximate surface area is 365 Å². The van der Waals surface area contributed by atoms with Gasteiger partial charge in [0.05, 0.1) is 56.4 Å². The van der Waals surface area contributed by atoms with E-state index in [1.165, 1.54) is 13.8 Å². The number of rotatable bonds is 18. The fourth-order valence-corrected chi connectivity index (χ4v) is 9.54. The van der Waals surface area contributed by atoms with Gasteiger partial charge in [-0.05, 0) is 42.6 Å². The first-order chi connectivity index (χ1) is 29.1. The standard InChI is InChI=1S/C48H76O13/c1-14-23-51-45-31(10)30(9)40(38(17-4)58-45)60-48-44(52-24-35-21-19-18-20-22-35)41(61-47-43(55-34(13)50)29(8)27(6)37(16-3)57-47)32(11)39(59-48)25-53-46-42(54-33(12)49)28(7)26(5)36(15-2)56-46/h14,18-22,26-32,36-48H,1,15-17,23-25H2,2-13H3/t26-,27-,28-,29?,30+,31?,32+,36?,37-,38?,39?,40-,41-,42?,43?,44?,45+,46-,47+,48-/m0/s1. The van der Waals surface area contributed by atoms with Gasteiger partial charge in [-0.2, -0.15) is 0 Å². The average Bonchev–Trinajstić information content (AvgIpc) is 3.24. The lowest BCUT2D eigenvalue weighted by Gasteiger charge is -2.51. The zero-order valence-electron chi connectivity index (χ0n) is 38.8. The molecule has 0 aromatic heterocycles. The van der Waals surface area contributed by atoms with Crippen molar-refractivity contribution in [3.8, 4) is 0 Å². The number of carbonyl (C=O) groups excluding carboxylic acids is 2. The molecule has 1 aromatic rings. The summed E-state index contributed by atoms with van der Waals surface area (Å²) in [4.78, 5) is 25.0. The Morgan fingerprint density at radius 1 is 0.541 bits per heavy atom. The van der Waals surface area contributed by atoms with E-state index < -0.39 is 73.7 Å². The van der Waals surface area contributed by atoms with Crippen LogP contribution in [0.2, 0.25) is 0 Å². The van der Waals surface area contributed by atoms with Crippen LogP contribution in [0.15, 0.2) is 43.0 Å². The van der Waals surface area contributed by atoms with Crippen molar-refractivity contribution in [3.05, 3.63) is 48.6 Å². The topological polar surface area (TPSA) is 136 Å². The Morgan fingerprint density at radius 2 is 1.03 bits per heavy atom. The molecule has 4 saturated heterocycles. The van der Waals surface area contributed by atoms with Crippen molar-refractivity contribution in [2.24, 2.45) is 41.4 Å². The Balaban J connectivity index is 1.53. The molecule has 4 fully saturated rings. The maximum absolute atomic E-state index is 12.6. The molecule has 61 heavy (non-hydrogen) atoms. The maximum Gasteiger partial charge on any atom is 0.303 e. The molecular formula is C48H76O13. The van der Waals surface area contributed by atoms with Gasteiger partial charge in [-0.15, -0.1) is 6.58 Å². The van der Waals surface area contributed by atoms with E-state index in [4.69, 9.17) is 52.1 Å². The summed E-state index contributed by atoms with van der Waals surface area (Å²) in [6, 6.07) is 9.93. The van der Waals surface area contributed by atoms with Gasteiger partial charge < -0.3 is 52.1 Å².